The van der Waals surface area contributed by atoms with Crippen molar-refractivity contribution in [2.75, 3.05) is 6.26 Å². The summed E-state index contributed by atoms with van der Waals surface area (Å²) in [6.07, 6.45) is 2.68. The molecule has 100 valence electrons. The Labute approximate surface area is 111 Å². The van der Waals surface area contributed by atoms with Crippen LogP contribution in [0, 0.1) is 0 Å². The second kappa shape index (κ2) is 5.33. The lowest BCUT2D eigenvalue weighted by Gasteiger charge is -2.07. The van der Waals surface area contributed by atoms with Crippen LogP contribution >= 0.6 is 0 Å². The van der Waals surface area contributed by atoms with Crippen LogP contribution in [0.2, 0.25) is 0 Å². The molecule has 0 aliphatic heterocycles. The summed E-state index contributed by atoms with van der Waals surface area (Å²) >= 11 is 0. The molecule has 0 fully saturated rings. The monoisotopic (exact) mass is 279 g/mol. The SMILES string of the molecule is CS(=O)(=O)c1ccc(Oc2nnccc2CN)cc1. The maximum absolute atomic E-state index is 11.3. The summed E-state index contributed by atoms with van der Waals surface area (Å²) in [4.78, 5) is 0.234. The smallest absolute Gasteiger partial charge is 0.243 e. The van der Waals surface area contributed by atoms with Gasteiger partial charge >= 0.3 is 0 Å². The molecule has 0 radical (unpaired) electrons. The first-order chi connectivity index (χ1) is 9.00. The van der Waals surface area contributed by atoms with Crippen LogP contribution in [0.3, 0.4) is 0 Å². The van der Waals surface area contributed by atoms with E-state index in [2.05, 4.69) is 10.2 Å². The second-order valence-corrected chi connectivity index (χ2v) is 5.93. The van der Waals surface area contributed by atoms with Gasteiger partial charge < -0.3 is 10.5 Å². The van der Waals surface area contributed by atoms with Crippen LogP contribution in [-0.2, 0) is 16.4 Å². The minimum absolute atomic E-state index is 0.234. The van der Waals surface area contributed by atoms with E-state index in [1.54, 1.807) is 18.2 Å². The first-order valence-electron chi connectivity index (χ1n) is 5.49. The largest absolute Gasteiger partial charge is 0.437 e. The van der Waals surface area contributed by atoms with Gasteiger partial charge in [0.1, 0.15) is 5.75 Å². The van der Waals surface area contributed by atoms with E-state index in [-0.39, 0.29) is 11.4 Å². The first kappa shape index (κ1) is 13.4. The summed E-state index contributed by atoms with van der Waals surface area (Å²) in [6.45, 7) is 0.284. The molecular weight excluding hydrogens is 266 g/mol. The fourth-order valence-corrected chi connectivity index (χ4v) is 2.08. The average Bonchev–Trinajstić information content (AvgIpc) is 2.39. The highest BCUT2D eigenvalue weighted by atomic mass is 32.2. The van der Waals surface area contributed by atoms with Gasteiger partial charge in [0.15, 0.2) is 9.84 Å². The van der Waals surface area contributed by atoms with E-state index in [1.807, 2.05) is 0 Å². The number of nitrogens with zero attached hydrogens (tertiary/aromatic N) is 2. The standard InChI is InChI=1S/C12H13N3O3S/c1-19(16,17)11-4-2-10(3-5-11)18-12-9(8-13)6-7-14-15-12/h2-7H,8,13H2,1H3. The van der Waals surface area contributed by atoms with E-state index in [0.717, 1.165) is 11.8 Å². The number of benzene rings is 1. The molecular formula is C12H13N3O3S. The van der Waals surface area contributed by atoms with Crippen LogP contribution in [0.25, 0.3) is 0 Å². The minimum Gasteiger partial charge on any atom is -0.437 e. The summed E-state index contributed by atoms with van der Waals surface area (Å²) in [5.41, 5.74) is 6.28. The van der Waals surface area contributed by atoms with Crippen LogP contribution < -0.4 is 10.5 Å². The summed E-state index contributed by atoms with van der Waals surface area (Å²) in [6, 6.07) is 7.79. The molecule has 0 bridgehead atoms. The molecule has 0 amide bonds. The van der Waals surface area contributed by atoms with Gasteiger partial charge in [0.25, 0.3) is 0 Å². The van der Waals surface area contributed by atoms with Crippen LogP contribution in [0.4, 0.5) is 0 Å². The van der Waals surface area contributed by atoms with Crippen molar-refractivity contribution in [2.45, 2.75) is 11.4 Å². The molecule has 0 aliphatic rings. The van der Waals surface area contributed by atoms with Crippen molar-refractivity contribution in [1.29, 1.82) is 0 Å². The molecule has 6 nitrogen and oxygen atoms in total. The van der Waals surface area contributed by atoms with E-state index < -0.39 is 9.84 Å². The van der Waals surface area contributed by atoms with Gasteiger partial charge in [-0.05, 0) is 30.3 Å². The highest BCUT2D eigenvalue weighted by molar-refractivity contribution is 7.90. The number of aromatic nitrogens is 2. The third kappa shape index (κ3) is 3.27. The van der Waals surface area contributed by atoms with Crippen molar-refractivity contribution in [2.24, 2.45) is 5.73 Å². The Morgan fingerprint density at radius 2 is 1.89 bits per heavy atom. The van der Waals surface area contributed by atoms with Crippen LogP contribution in [0.5, 0.6) is 11.6 Å². The summed E-state index contributed by atoms with van der Waals surface area (Å²) in [5.74, 6) is 0.791. The Bertz CT molecular complexity index is 669. The van der Waals surface area contributed by atoms with Crippen LogP contribution in [0.1, 0.15) is 5.56 Å². The molecule has 0 aliphatic carbocycles. The zero-order chi connectivity index (χ0) is 13.9. The van der Waals surface area contributed by atoms with Gasteiger partial charge in [-0.3, -0.25) is 0 Å². The van der Waals surface area contributed by atoms with Gasteiger partial charge in [-0.2, -0.15) is 5.10 Å². The average molecular weight is 279 g/mol. The molecule has 0 unspecified atom stereocenters. The lowest BCUT2D eigenvalue weighted by molar-refractivity contribution is 0.448. The zero-order valence-corrected chi connectivity index (χ0v) is 11.1. The van der Waals surface area contributed by atoms with E-state index in [0.29, 0.717) is 11.6 Å². The van der Waals surface area contributed by atoms with Gasteiger partial charge in [0.2, 0.25) is 5.88 Å². The maximum Gasteiger partial charge on any atom is 0.243 e. The minimum atomic E-state index is -3.21. The maximum atomic E-state index is 11.3. The molecule has 0 saturated heterocycles. The Kier molecular flexibility index (Phi) is 3.77. The molecule has 2 aromatic rings. The highest BCUT2D eigenvalue weighted by Gasteiger charge is 2.08. The molecule has 0 saturated carbocycles. The van der Waals surface area contributed by atoms with Crippen LogP contribution in [0.15, 0.2) is 41.4 Å². The summed E-state index contributed by atoms with van der Waals surface area (Å²) in [5, 5.41) is 7.57. The molecule has 1 aromatic carbocycles. The molecule has 0 spiro atoms. The third-order valence-electron chi connectivity index (χ3n) is 2.45. The molecule has 1 aromatic heterocycles. The van der Waals surface area contributed by atoms with E-state index in [9.17, 15) is 8.42 Å². The van der Waals surface area contributed by atoms with Crippen molar-refractivity contribution < 1.29 is 13.2 Å². The predicted molar refractivity (Wildman–Crippen MR) is 69.5 cm³/mol. The molecule has 19 heavy (non-hydrogen) atoms. The molecule has 2 rings (SSSR count). The van der Waals surface area contributed by atoms with E-state index >= 15 is 0 Å². The molecule has 1 heterocycles. The van der Waals surface area contributed by atoms with Crippen LogP contribution in [-0.4, -0.2) is 24.9 Å². The van der Waals surface area contributed by atoms with Crippen molar-refractivity contribution in [3.05, 3.63) is 42.1 Å². The van der Waals surface area contributed by atoms with Crippen molar-refractivity contribution >= 4 is 9.84 Å². The van der Waals surface area contributed by atoms with Crippen molar-refractivity contribution in [3.8, 4) is 11.6 Å². The Morgan fingerprint density at radius 3 is 2.47 bits per heavy atom. The number of hydrogen-bond donors (Lipinski definition) is 1. The Hall–Kier alpha value is -1.99. The van der Waals surface area contributed by atoms with Gasteiger partial charge in [-0.1, -0.05) is 0 Å². The fraction of sp³-hybridized carbons (Fsp3) is 0.167. The molecule has 2 N–H and O–H groups in total. The second-order valence-electron chi connectivity index (χ2n) is 3.91. The lowest BCUT2D eigenvalue weighted by atomic mass is 10.3. The predicted octanol–water partition coefficient (Wildman–Crippen LogP) is 1.13. The number of nitrogens with two attached hydrogens (primary N) is 1. The lowest BCUT2D eigenvalue weighted by Crippen LogP contribution is -2.02. The van der Waals surface area contributed by atoms with Crippen molar-refractivity contribution in [1.82, 2.24) is 10.2 Å². The Morgan fingerprint density at radius 1 is 1.21 bits per heavy atom. The Balaban J connectivity index is 2.25. The fourth-order valence-electron chi connectivity index (χ4n) is 1.45. The highest BCUT2D eigenvalue weighted by Crippen LogP contribution is 2.23. The molecule has 7 heteroatoms. The van der Waals surface area contributed by atoms with Gasteiger partial charge in [0.05, 0.1) is 11.1 Å². The summed E-state index contributed by atoms with van der Waals surface area (Å²) < 4.78 is 28.2. The normalized spacial score (nSPS) is 11.3. The van der Waals surface area contributed by atoms with Gasteiger partial charge in [-0.15, -0.1) is 5.10 Å². The first-order valence-corrected chi connectivity index (χ1v) is 7.38. The van der Waals surface area contributed by atoms with Gasteiger partial charge in [-0.25, -0.2) is 8.42 Å². The van der Waals surface area contributed by atoms with E-state index in [1.165, 1.54) is 18.3 Å². The number of sulfone groups is 1. The topological polar surface area (TPSA) is 95.2 Å². The number of rotatable bonds is 4. The van der Waals surface area contributed by atoms with Crippen molar-refractivity contribution in [3.63, 3.8) is 0 Å². The van der Waals surface area contributed by atoms with Gasteiger partial charge in [0, 0.05) is 18.4 Å². The number of ether oxygens (including phenoxy) is 1. The summed E-state index contributed by atoms with van der Waals surface area (Å²) in [7, 11) is -3.21. The zero-order valence-electron chi connectivity index (χ0n) is 10.3. The van der Waals surface area contributed by atoms with E-state index in [4.69, 9.17) is 10.5 Å². The number of hydrogen-bond acceptors (Lipinski definition) is 6. The third-order valence-corrected chi connectivity index (χ3v) is 3.58. The quantitative estimate of drug-likeness (QED) is 0.901. The molecule has 0 atom stereocenters.